The van der Waals surface area contributed by atoms with Crippen LogP contribution in [0, 0.1) is 5.41 Å². The van der Waals surface area contributed by atoms with Gasteiger partial charge in [0.25, 0.3) is 0 Å². The average Bonchev–Trinajstić information content (AvgIpc) is 2.57. The van der Waals surface area contributed by atoms with Crippen LogP contribution in [0.2, 0.25) is 5.02 Å². The summed E-state index contributed by atoms with van der Waals surface area (Å²) in [5.74, 6) is -0.327. The second-order valence-electron chi connectivity index (χ2n) is 7.85. The highest BCUT2D eigenvalue weighted by molar-refractivity contribution is 6.30. The number of ether oxygens (including phenoxy) is 1. The van der Waals surface area contributed by atoms with Crippen LogP contribution in [0.15, 0.2) is 48.5 Å². The van der Waals surface area contributed by atoms with Crippen LogP contribution in [-0.4, -0.2) is 35.5 Å². The standard InChI is InChI=1S/C21H23ClF3NO2/c1-14(2)26-12-19(3,13-26)20(27,16-5-4-6-17(22)11-16)15-7-9-18(10-8-15)28-21(23,24)25/h4-11,14,27H,12-13H2,1-3H3/t20-/m0/s1. The zero-order chi connectivity index (χ0) is 20.7. The van der Waals surface area contributed by atoms with Crippen molar-refractivity contribution in [2.24, 2.45) is 5.41 Å². The molecule has 0 bridgehead atoms. The van der Waals surface area contributed by atoms with E-state index >= 15 is 0 Å². The van der Waals surface area contributed by atoms with Crippen molar-refractivity contribution in [1.82, 2.24) is 4.90 Å². The van der Waals surface area contributed by atoms with Gasteiger partial charge in [-0.3, -0.25) is 4.90 Å². The molecule has 1 heterocycles. The highest BCUT2D eigenvalue weighted by Gasteiger charge is 2.56. The summed E-state index contributed by atoms with van der Waals surface area (Å²) >= 11 is 6.16. The van der Waals surface area contributed by atoms with Gasteiger partial charge in [-0.05, 0) is 49.2 Å². The normalized spacial score (nSPS) is 19.2. The van der Waals surface area contributed by atoms with Gasteiger partial charge in [0.2, 0.25) is 0 Å². The molecule has 1 N–H and O–H groups in total. The molecule has 7 heteroatoms. The number of hydrogen-bond acceptors (Lipinski definition) is 3. The highest BCUT2D eigenvalue weighted by Crippen LogP contribution is 2.51. The SMILES string of the molecule is CC(C)N1CC(C)([C@](O)(c2ccc(OC(F)(F)F)cc2)c2cccc(Cl)c2)C1. The molecule has 28 heavy (non-hydrogen) atoms. The molecule has 0 amide bonds. The number of hydrogen-bond donors (Lipinski definition) is 1. The molecule has 1 atom stereocenters. The van der Waals surface area contributed by atoms with E-state index in [1.165, 1.54) is 24.3 Å². The molecular weight excluding hydrogens is 391 g/mol. The molecule has 0 saturated carbocycles. The van der Waals surface area contributed by atoms with Crippen molar-refractivity contribution in [2.45, 2.75) is 38.8 Å². The van der Waals surface area contributed by atoms with Gasteiger partial charge < -0.3 is 9.84 Å². The minimum absolute atomic E-state index is 0.327. The third-order valence-corrected chi connectivity index (χ3v) is 5.69. The Kier molecular flexibility index (Phi) is 5.42. The van der Waals surface area contributed by atoms with E-state index in [1.54, 1.807) is 24.3 Å². The van der Waals surface area contributed by atoms with Gasteiger partial charge in [-0.25, -0.2) is 0 Å². The fourth-order valence-electron chi connectivity index (χ4n) is 3.92. The van der Waals surface area contributed by atoms with E-state index in [0.717, 1.165) is 0 Å². The lowest BCUT2D eigenvalue weighted by Crippen LogP contribution is -2.66. The molecule has 1 aliphatic heterocycles. The van der Waals surface area contributed by atoms with Crippen molar-refractivity contribution < 1.29 is 23.0 Å². The maximum Gasteiger partial charge on any atom is 0.573 e. The van der Waals surface area contributed by atoms with Crippen LogP contribution in [-0.2, 0) is 5.60 Å². The largest absolute Gasteiger partial charge is 0.573 e. The predicted octanol–water partition coefficient (Wildman–Crippen LogP) is 5.20. The van der Waals surface area contributed by atoms with E-state index in [-0.39, 0.29) is 5.75 Å². The summed E-state index contributed by atoms with van der Waals surface area (Å²) in [6, 6.07) is 12.7. The van der Waals surface area contributed by atoms with Gasteiger partial charge in [-0.2, -0.15) is 0 Å². The van der Waals surface area contributed by atoms with Crippen LogP contribution in [0.5, 0.6) is 5.75 Å². The molecule has 3 nitrogen and oxygen atoms in total. The summed E-state index contributed by atoms with van der Waals surface area (Å²) in [6.45, 7) is 7.44. The smallest absolute Gasteiger partial charge is 0.406 e. The first-order chi connectivity index (χ1) is 12.9. The topological polar surface area (TPSA) is 32.7 Å². The molecule has 2 aromatic carbocycles. The van der Waals surface area contributed by atoms with Crippen LogP contribution >= 0.6 is 11.6 Å². The van der Waals surface area contributed by atoms with E-state index < -0.39 is 17.4 Å². The molecule has 0 radical (unpaired) electrons. The molecule has 0 aromatic heterocycles. The molecule has 3 rings (SSSR count). The second-order valence-corrected chi connectivity index (χ2v) is 8.29. The first-order valence-electron chi connectivity index (χ1n) is 9.03. The number of rotatable bonds is 5. The zero-order valence-electron chi connectivity index (χ0n) is 15.9. The number of nitrogens with zero attached hydrogens (tertiary/aromatic N) is 1. The van der Waals surface area contributed by atoms with Gasteiger partial charge in [0.15, 0.2) is 0 Å². The quantitative estimate of drug-likeness (QED) is 0.730. The minimum Gasteiger partial charge on any atom is -0.406 e. The van der Waals surface area contributed by atoms with Crippen molar-refractivity contribution in [3.05, 3.63) is 64.7 Å². The maximum absolute atomic E-state index is 12.5. The predicted molar refractivity (Wildman–Crippen MR) is 102 cm³/mol. The summed E-state index contributed by atoms with van der Waals surface area (Å²) in [5.41, 5.74) is -0.848. The minimum atomic E-state index is -4.76. The Morgan fingerprint density at radius 3 is 2.18 bits per heavy atom. The van der Waals surface area contributed by atoms with E-state index in [2.05, 4.69) is 23.5 Å². The van der Waals surface area contributed by atoms with E-state index in [0.29, 0.717) is 35.3 Å². The van der Waals surface area contributed by atoms with Gasteiger partial charge in [-0.15, -0.1) is 13.2 Å². The third kappa shape index (κ3) is 3.86. The lowest BCUT2D eigenvalue weighted by Gasteiger charge is -2.58. The average molecular weight is 414 g/mol. The van der Waals surface area contributed by atoms with E-state index in [4.69, 9.17) is 11.6 Å². The highest BCUT2D eigenvalue weighted by atomic mass is 35.5. The van der Waals surface area contributed by atoms with Gasteiger partial charge >= 0.3 is 6.36 Å². The first-order valence-corrected chi connectivity index (χ1v) is 9.41. The number of alkyl halides is 3. The van der Waals surface area contributed by atoms with Gasteiger partial charge in [0.05, 0.1) is 0 Å². The van der Waals surface area contributed by atoms with Crippen molar-refractivity contribution in [2.75, 3.05) is 13.1 Å². The van der Waals surface area contributed by atoms with E-state index in [9.17, 15) is 18.3 Å². The fraction of sp³-hybridized carbons (Fsp3) is 0.429. The van der Waals surface area contributed by atoms with Crippen molar-refractivity contribution in [1.29, 1.82) is 0 Å². The van der Waals surface area contributed by atoms with Gasteiger partial charge in [0, 0.05) is 29.6 Å². The molecule has 0 spiro atoms. The number of halogens is 4. The summed E-state index contributed by atoms with van der Waals surface area (Å²) in [7, 11) is 0. The molecule has 0 aliphatic carbocycles. The fourth-order valence-corrected chi connectivity index (χ4v) is 4.11. The van der Waals surface area contributed by atoms with Crippen LogP contribution in [0.25, 0.3) is 0 Å². The molecule has 1 saturated heterocycles. The lowest BCUT2D eigenvalue weighted by molar-refractivity contribution is -0.274. The van der Waals surface area contributed by atoms with Crippen molar-refractivity contribution in [3.63, 3.8) is 0 Å². The van der Waals surface area contributed by atoms with Crippen molar-refractivity contribution >= 4 is 11.6 Å². The molecule has 0 unspecified atom stereocenters. The number of likely N-dealkylation sites (tertiary alicyclic amines) is 1. The van der Waals surface area contributed by atoms with Gasteiger partial charge in [-0.1, -0.05) is 42.8 Å². The summed E-state index contributed by atoms with van der Waals surface area (Å²) < 4.78 is 41.4. The molecule has 2 aromatic rings. The third-order valence-electron chi connectivity index (χ3n) is 5.46. The Balaban J connectivity index is 2.03. The second kappa shape index (κ2) is 7.25. The number of aliphatic hydroxyl groups is 1. The number of benzene rings is 2. The Labute approximate surface area is 167 Å². The van der Waals surface area contributed by atoms with E-state index in [1.807, 2.05) is 6.92 Å². The monoisotopic (exact) mass is 413 g/mol. The Morgan fingerprint density at radius 2 is 1.68 bits per heavy atom. The Bertz CT molecular complexity index is 832. The molecular formula is C21H23ClF3NO2. The van der Waals surface area contributed by atoms with Crippen LogP contribution in [0.1, 0.15) is 31.9 Å². The maximum atomic E-state index is 12.5. The van der Waals surface area contributed by atoms with Crippen LogP contribution in [0.3, 0.4) is 0 Å². The van der Waals surface area contributed by atoms with Crippen LogP contribution in [0.4, 0.5) is 13.2 Å². The molecule has 1 fully saturated rings. The molecule has 1 aliphatic rings. The Morgan fingerprint density at radius 1 is 1.07 bits per heavy atom. The van der Waals surface area contributed by atoms with Crippen LogP contribution < -0.4 is 4.74 Å². The molecule has 152 valence electrons. The van der Waals surface area contributed by atoms with Crippen molar-refractivity contribution in [3.8, 4) is 5.75 Å². The Hall–Kier alpha value is -1.76. The zero-order valence-corrected chi connectivity index (χ0v) is 16.7. The lowest BCUT2D eigenvalue weighted by atomic mass is 9.61. The summed E-state index contributed by atoms with van der Waals surface area (Å²) in [5, 5.41) is 12.4. The first kappa shape index (κ1) is 21.0. The summed E-state index contributed by atoms with van der Waals surface area (Å²) in [4.78, 5) is 2.23. The van der Waals surface area contributed by atoms with Gasteiger partial charge in [0.1, 0.15) is 11.4 Å². The summed E-state index contributed by atoms with van der Waals surface area (Å²) in [6.07, 6.45) is -4.76.